The summed E-state index contributed by atoms with van der Waals surface area (Å²) in [7, 11) is 0. The van der Waals surface area contributed by atoms with E-state index in [1.807, 2.05) is 12.1 Å². The van der Waals surface area contributed by atoms with E-state index in [-0.39, 0.29) is 21.2 Å². The van der Waals surface area contributed by atoms with Gasteiger partial charge in [-0.1, -0.05) is 23.2 Å². The highest BCUT2D eigenvalue weighted by Crippen LogP contribution is 2.41. The van der Waals surface area contributed by atoms with Crippen molar-refractivity contribution in [2.75, 3.05) is 0 Å². The Morgan fingerprint density at radius 3 is 1.79 bits per heavy atom. The summed E-state index contributed by atoms with van der Waals surface area (Å²) >= 11 is 17.9. The van der Waals surface area contributed by atoms with Crippen molar-refractivity contribution in [2.24, 2.45) is 0 Å². The molecule has 1 rings (SSSR count). The van der Waals surface area contributed by atoms with Crippen molar-refractivity contribution in [1.82, 2.24) is 0 Å². The van der Waals surface area contributed by atoms with Gasteiger partial charge in [0.1, 0.15) is 12.1 Å². The standard InChI is InChI=1S/C8Br2Cl2N2/c9-5-3(1-13)4(2-14)7(11)8(12)6(5)10. The zero-order valence-corrected chi connectivity index (χ0v) is 11.1. The van der Waals surface area contributed by atoms with Gasteiger partial charge in [-0.25, -0.2) is 0 Å². The molecule has 2 nitrogen and oxygen atoms in total. The molecule has 70 valence electrons. The van der Waals surface area contributed by atoms with Crippen LogP contribution in [0.15, 0.2) is 8.95 Å². The highest BCUT2D eigenvalue weighted by atomic mass is 79.9. The normalized spacial score (nSPS) is 9.29. The Kier molecular flexibility index (Phi) is 3.80. The summed E-state index contributed by atoms with van der Waals surface area (Å²) in [5.74, 6) is 0. The van der Waals surface area contributed by atoms with Gasteiger partial charge in [-0.15, -0.1) is 0 Å². The van der Waals surface area contributed by atoms with Crippen molar-refractivity contribution in [3.05, 3.63) is 30.1 Å². The highest BCUT2D eigenvalue weighted by Gasteiger charge is 2.19. The van der Waals surface area contributed by atoms with Crippen LogP contribution in [0.4, 0.5) is 0 Å². The van der Waals surface area contributed by atoms with Crippen molar-refractivity contribution < 1.29 is 0 Å². The van der Waals surface area contributed by atoms with Crippen LogP contribution in [-0.4, -0.2) is 0 Å². The van der Waals surface area contributed by atoms with Gasteiger partial charge in [0, 0.05) is 0 Å². The van der Waals surface area contributed by atoms with Gasteiger partial charge in [0.25, 0.3) is 0 Å². The monoisotopic (exact) mass is 352 g/mol. The van der Waals surface area contributed by atoms with Gasteiger partial charge in [-0.2, -0.15) is 10.5 Å². The molecule has 14 heavy (non-hydrogen) atoms. The Labute approximate surface area is 107 Å². The quantitative estimate of drug-likeness (QED) is 0.516. The number of hydrogen-bond acceptors (Lipinski definition) is 2. The first-order valence-electron chi connectivity index (χ1n) is 3.20. The molecule has 0 N–H and O–H groups in total. The van der Waals surface area contributed by atoms with Crippen LogP contribution in [0, 0.1) is 22.7 Å². The zero-order valence-electron chi connectivity index (χ0n) is 6.41. The topological polar surface area (TPSA) is 47.6 Å². The Morgan fingerprint density at radius 1 is 0.857 bits per heavy atom. The van der Waals surface area contributed by atoms with Gasteiger partial charge >= 0.3 is 0 Å². The Morgan fingerprint density at radius 2 is 1.36 bits per heavy atom. The van der Waals surface area contributed by atoms with Crippen LogP contribution in [-0.2, 0) is 0 Å². The SMILES string of the molecule is N#Cc1c(Cl)c(Cl)c(Br)c(Br)c1C#N. The molecule has 0 saturated carbocycles. The van der Waals surface area contributed by atoms with Crippen LogP contribution in [0.5, 0.6) is 0 Å². The molecule has 0 saturated heterocycles. The molecule has 0 radical (unpaired) electrons. The summed E-state index contributed by atoms with van der Waals surface area (Å²) < 4.78 is 0.908. The van der Waals surface area contributed by atoms with E-state index in [4.69, 9.17) is 33.7 Å². The Balaban J connectivity index is 3.79. The summed E-state index contributed by atoms with van der Waals surface area (Å²) in [6, 6.07) is 3.72. The fourth-order valence-corrected chi connectivity index (χ4v) is 2.37. The number of hydrogen-bond donors (Lipinski definition) is 0. The van der Waals surface area contributed by atoms with E-state index in [2.05, 4.69) is 31.9 Å². The summed E-state index contributed by atoms with van der Waals surface area (Å²) in [5.41, 5.74) is 0.253. The summed E-state index contributed by atoms with van der Waals surface area (Å²) in [6.45, 7) is 0. The first-order chi connectivity index (χ1) is 6.54. The van der Waals surface area contributed by atoms with Crippen molar-refractivity contribution in [2.45, 2.75) is 0 Å². The highest BCUT2D eigenvalue weighted by molar-refractivity contribution is 9.13. The molecule has 6 heteroatoms. The lowest BCUT2D eigenvalue weighted by molar-refractivity contribution is 1.40. The second-order valence-electron chi connectivity index (χ2n) is 2.23. The second-order valence-corrected chi connectivity index (χ2v) is 4.57. The Hall–Kier alpha value is -0.260. The Bertz CT molecular complexity index is 441. The van der Waals surface area contributed by atoms with Crippen LogP contribution in [0.1, 0.15) is 11.1 Å². The zero-order chi connectivity index (χ0) is 10.9. The predicted molar refractivity (Wildman–Crippen MR) is 61.3 cm³/mol. The van der Waals surface area contributed by atoms with E-state index < -0.39 is 0 Å². The van der Waals surface area contributed by atoms with Crippen LogP contribution >= 0.6 is 55.1 Å². The third-order valence-corrected chi connectivity index (χ3v) is 4.69. The van der Waals surface area contributed by atoms with Crippen molar-refractivity contribution >= 4 is 55.1 Å². The third-order valence-electron chi connectivity index (χ3n) is 1.49. The van der Waals surface area contributed by atoms with Crippen LogP contribution in [0.3, 0.4) is 0 Å². The lowest BCUT2D eigenvalue weighted by atomic mass is 10.1. The first kappa shape index (κ1) is 11.8. The molecule has 1 aromatic rings. The molecular formula is C8Br2Cl2N2. The maximum absolute atomic E-state index is 8.82. The van der Waals surface area contributed by atoms with Gasteiger partial charge in [-0.3, -0.25) is 0 Å². The summed E-state index contributed by atoms with van der Waals surface area (Å²) in [6.07, 6.45) is 0. The minimum Gasteiger partial charge on any atom is -0.192 e. The number of benzene rings is 1. The smallest absolute Gasteiger partial charge is 0.102 e. The average molecular weight is 355 g/mol. The molecule has 1 aromatic carbocycles. The number of nitrogens with zero attached hydrogens (tertiary/aromatic N) is 2. The van der Waals surface area contributed by atoms with E-state index in [0.717, 1.165) is 0 Å². The molecule has 0 aliphatic heterocycles. The van der Waals surface area contributed by atoms with E-state index >= 15 is 0 Å². The van der Waals surface area contributed by atoms with Gasteiger partial charge in [-0.05, 0) is 31.9 Å². The number of halogens is 4. The molecule has 0 atom stereocenters. The molecule has 0 fully saturated rings. The molecule has 0 aromatic heterocycles. The van der Waals surface area contributed by atoms with Crippen LogP contribution < -0.4 is 0 Å². The van der Waals surface area contributed by atoms with E-state index in [1.54, 1.807) is 0 Å². The fraction of sp³-hybridized carbons (Fsp3) is 0. The van der Waals surface area contributed by atoms with E-state index in [0.29, 0.717) is 8.95 Å². The minimum absolute atomic E-state index is 0.0780. The van der Waals surface area contributed by atoms with Gasteiger partial charge in [0.15, 0.2) is 0 Å². The maximum atomic E-state index is 8.82. The van der Waals surface area contributed by atoms with Crippen molar-refractivity contribution in [3.8, 4) is 12.1 Å². The van der Waals surface area contributed by atoms with E-state index in [9.17, 15) is 0 Å². The molecule has 0 heterocycles. The van der Waals surface area contributed by atoms with Gasteiger partial charge < -0.3 is 0 Å². The molecule has 0 unspecified atom stereocenters. The maximum Gasteiger partial charge on any atom is 0.102 e. The molecule has 0 amide bonds. The van der Waals surface area contributed by atoms with Crippen molar-refractivity contribution in [3.63, 3.8) is 0 Å². The van der Waals surface area contributed by atoms with Gasteiger partial charge in [0.2, 0.25) is 0 Å². The third kappa shape index (κ3) is 1.76. The molecule has 0 aliphatic rings. The minimum atomic E-state index is 0.0780. The lowest BCUT2D eigenvalue weighted by Gasteiger charge is -2.06. The summed E-state index contributed by atoms with van der Waals surface area (Å²) in [5, 5.41) is 17.9. The lowest BCUT2D eigenvalue weighted by Crippen LogP contribution is -1.90. The van der Waals surface area contributed by atoms with Gasteiger partial charge in [0.05, 0.1) is 30.1 Å². The van der Waals surface area contributed by atoms with Crippen LogP contribution in [0.2, 0.25) is 10.0 Å². The second kappa shape index (κ2) is 4.51. The predicted octanol–water partition coefficient (Wildman–Crippen LogP) is 4.26. The average Bonchev–Trinajstić information content (AvgIpc) is 2.20. The van der Waals surface area contributed by atoms with Crippen LogP contribution in [0.25, 0.3) is 0 Å². The number of nitriles is 2. The molecular weight excluding hydrogens is 355 g/mol. The van der Waals surface area contributed by atoms with Crippen molar-refractivity contribution in [1.29, 1.82) is 10.5 Å². The number of rotatable bonds is 0. The molecule has 0 bridgehead atoms. The molecule has 0 spiro atoms. The molecule has 0 aliphatic carbocycles. The fourth-order valence-electron chi connectivity index (χ4n) is 0.842. The summed E-state index contributed by atoms with van der Waals surface area (Å²) in [4.78, 5) is 0. The first-order valence-corrected chi connectivity index (χ1v) is 5.55. The van der Waals surface area contributed by atoms with E-state index in [1.165, 1.54) is 0 Å². The largest absolute Gasteiger partial charge is 0.192 e.